The van der Waals surface area contributed by atoms with Crippen LogP contribution in [0.1, 0.15) is 43.7 Å². The van der Waals surface area contributed by atoms with Gasteiger partial charge in [0, 0.05) is 38.7 Å². The van der Waals surface area contributed by atoms with Gasteiger partial charge in [-0.2, -0.15) is 4.31 Å². The van der Waals surface area contributed by atoms with Gasteiger partial charge in [0.25, 0.3) is 0 Å². The van der Waals surface area contributed by atoms with Gasteiger partial charge in [-0.25, -0.2) is 8.42 Å². The van der Waals surface area contributed by atoms with Crippen molar-refractivity contribution < 1.29 is 18.0 Å². The molecule has 1 fully saturated rings. The van der Waals surface area contributed by atoms with E-state index < -0.39 is 16.1 Å². The number of hydrogen-bond donors (Lipinski definition) is 1. The van der Waals surface area contributed by atoms with Crippen molar-refractivity contribution in [3.05, 3.63) is 59.7 Å². The summed E-state index contributed by atoms with van der Waals surface area (Å²) in [7, 11) is -3.60. The molecule has 0 aromatic heterocycles. The molecule has 7 nitrogen and oxygen atoms in total. The molecule has 2 aromatic carbocycles. The number of nitrogens with one attached hydrogen (secondary N) is 1. The molecule has 2 aliphatic rings. The molecule has 2 aliphatic heterocycles. The molecule has 32 heavy (non-hydrogen) atoms. The summed E-state index contributed by atoms with van der Waals surface area (Å²) in [6.45, 7) is 2.86. The van der Waals surface area contributed by atoms with E-state index in [-0.39, 0.29) is 16.7 Å². The van der Waals surface area contributed by atoms with Gasteiger partial charge in [0.15, 0.2) is 0 Å². The molecule has 2 aromatic rings. The Kier molecular flexibility index (Phi) is 6.62. The van der Waals surface area contributed by atoms with E-state index in [1.165, 1.54) is 11.8 Å². The Hall–Kier alpha value is -2.71. The number of carbonyl (C=O) groups excluding carboxylic acids is 2. The predicted octanol–water partition coefficient (Wildman–Crippen LogP) is 2.85. The number of benzene rings is 2. The molecule has 4 rings (SSSR count). The van der Waals surface area contributed by atoms with Crippen LogP contribution in [0.5, 0.6) is 0 Å². The molecular formula is C24H29N3O4S. The second-order valence-corrected chi connectivity index (χ2v) is 10.4. The maximum atomic E-state index is 13.2. The lowest BCUT2D eigenvalue weighted by Crippen LogP contribution is -2.47. The number of amides is 2. The van der Waals surface area contributed by atoms with Crippen LogP contribution in [-0.4, -0.2) is 43.7 Å². The molecule has 0 bridgehead atoms. The van der Waals surface area contributed by atoms with E-state index in [2.05, 4.69) is 5.32 Å². The average Bonchev–Trinajstić information content (AvgIpc) is 2.96. The van der Waals surface area contributed by atoms with Crippen LogP contribution in [0, 0.1) is 0 Å². The quantitative estimate of drug-likeness (QED) is 0.751. The van der Waals surface area contributed by atoms with Crippen molar-refractivity contribution in [1.82, 2.24) is 9.62 Å². The summed E-state index contributed by atoms with van der Waals surface area (Å²) in [5.74, 6) is -0.496. The molecule has 1 saturated heterocycles. The first kappa shape index (κ1) is 22.5. The molecule has 0 spiro atoms. The highest BCUT2D eigenvalue weighted by Crippen LogP contribution is 2.35. The summed E-state index contributed by atoms with van der Waals surface area (Å²) >= 11 is 0. The van der Waals surface area contributed by atoms with E-state index in [0.29, 0.717) is 37.3 Å². The Balaban J connectivity index is 1.55. The number of rotatable bonds is 5. The van der Waals surface area contributed by atoms with E-state index in [1.54, 1.807) is 22.5 Å². The third kappa shape index (κ3) is 4.56. The average molecular weight is 456 g/mol. The van der Waals surface area contributed by atoms with Gasteiger partial charge in [-0.3, -0.25) is 14.5 Å². The normalized spacial score (nSPS) is 19.3. The van der Waals surface area contributed by atoms with Crippen molar-refractivity contribution in [2.75, 3.05) is 18.0 Å². The fourth-order valence-corrected chi connectivity index (χ4v) is 6.09. The molecule has 1 atom stereocenters. The molecule has 0 aliphatic carbocycles. The Morgan fingerprint density at radius 3 is 2.34 bits per heavy atom. The van der Waals surface area contributed by atoms with Gasteiger partial charge < -0.3 is 5.32 Å². The maximum absolute atomic E-state index is 13.2. The second kappa shape index (κ2) is 9.42. The van der Waals surface area contributed by atoms with Gasteiger partial charge in [-0.05, 0) is 42.2 Å². The zero-order valence-electron chi connectivity index (χ0n) is 18.3. The van der Waals surface area contributed by atoms with Crippen LogP contribution in [0.15, 0.2) is 53.4 Å². The smallest absolute Gasteiger partial charge is 0.243 e. The summed E-state index contributed by atoms with van der Waals surface area (Å²) < 4.78 is 28.0. The van der Waals surface area contributed by atoms with Crippen LogP contribution in [-0.2, 0) is 32.6 Å². The van der Waals surface area contributed by atoms with Crippen LogP contribution in [0.2, 0.25) is 0 Å². The Morgan fingerprint density at radius 1 is 1.00 bits per heavy atom. The van der Waals surface area contributed by atoms with Gasteiger partial charge in [0.05, 0.1) is 4.90 Å². The number of hydrogen-bond acceptors (Lipinski definition) is 4. The zero-order valence-corrected chi connectivity index (χ0v) is 19.1. The summed E-state index contributed by atoms with van der Waals surface area (Å²) in [5.41, 5.74) is 2.28. The number of carbonyl (C=O) groups is 2. The van der Waals surface area contributed by atoms with Gasteiger partial charge in [0.2, 0.25) is 21.8 Å². The van der Waals surface area contributed by atoms with E-state index in [4.69, 9.17) is 0 Å². The fourth-order valence-electron chi connectivity index (χ4n) is 4.52. The van der Waals surface area contributed by atoms with Crippen LogP contribution >= 0.6 is 0 Å². The summed E-state index contributed by atoms with van der Waals surface area (Å²) in [6, 6.07) is 13.7. The van der Waals surface area contributed by atoms with Gasteiger partial charge in [0.1, 0.15) is 6.04 Å². The molecule has 0 radical (unpaired) electrons. The molecular weight excluding hydrogens is 426 g/mol. The fraction of sp³-hybridized carbons (Fsp3) is 0.417. The van der Waals surface area contributed by atoms with Crippen molar-refractivity contribution in [2.45, 2.75) is 56.5 Å². The van der Waals surface area contributed by atoms with Gasteiger partial charge >= 0.3 is 0 Å². The topological polar surface area (TPSA) is 86.8 Å². The third-order valence-corrected chi connectivity index (χ3v) is 8.08. The maximum Gasteiger partial charge on any atom is 0.243 e. The SMILES string of the molecule is CC(=O)N1c2ccc(S(=O)(=O)N3CCCCCC3)cc2C[C@@H]1C(=O)NCc1ccccc1. The van der Waals surface area contributed by atoms with Crippen molar-refractivity contribution in [3.8, 4) is 0 Å². The summed E-state index contributed by atoms with van der Waals surface area (Å²) in [6.07, 6.45) is 4.11. The third-order valence-electron chi connectivity index (χ3n) is 6.19. The minimum absolute atomic E-state index is 0.229. The highest BCUT2D eigenvalue weighted by Gasteiger charge is 2.38. The molecule has 0 saturated carbocycles. The minimum atomic E-state index is -3.60. The molecule has 8 heteroatoms. The first-order chi connectivity index (χ1) is 15.4. The molecule has 0 unspecified atom stereocenters. The lowest BCUT2D eigenvalue weighted by molar-refractivity contribution is -0.125. The molecule has 1 N–H and O–H groups in total. The van der Waals surface area contributed by atoms with Gasteiger partial charge in [-0.1, -0.05) is 43.2 Å². The summed E-state index contributed by atoms with van der Waals surface area (Å²) in [5, 5.41) is 2.90. The predicted molar refractivity (Wildman–Crippen MR) is 123 cm³/mol. The van der Waals surface area contributed by atoms with E-state index in [9.17, 15) is 18.0 Å². The number of fused-ring (bicyclic) bond motifs is 1. The Bertz CT molecular complexity index is 1090. The monoisotopic (exact) mass is 455 g/mol. The van der Waals surface area contributed by atoms with E-state index in [0.717, 1.165) is 31.2 Å². The Morgan fingerprint density at radius 2 is 1.69 bits per heavy atom. The molecule has 2 amide bonds. The van der Waals surface area contributed by atoms with Crippen molar-refractivity contribution in [1.29, 1.82) is 0 Å². The minimum Gasteiger partial charge on any atom is -0.350 e. The largest absolute Gasteiger partial charge is 0.350 e. The lowest BCUT2D eigenvalue weighted by Gasteiger charge is -2.24. The number of nitrogens with zero attached hydrogens (tertiary/aromatic N) is 2. The van der Waals surface area contributed by atoms with Crippen molar-refractivity contribution >= 4 is 27.5 Å². The standard InChI is InChI=1S/C24H29N3O4S/c1-18(28)27-22-12-11-21(32(30,31)26-13-7-2-3-8-14-26)15-20(22)16-23(27)24(29)25-17-19-9-5-4-6-10-19/h4-6,9-12,15,23H,2-3,7-8,13-14,16-17H2,1H3,(H,25,29)/t23-/m1/s1. The van der Waals surface area contributed by atoms with E-state index >= 15 is 0 Å². The van der Waals surface area contributed by atoms with Crippen LogP contribution in [0.4, 0.5) is 5.69 Å². The van der Waals surface area contributed by atoms with Crippen LogP contribution in [0.3, 0.4) is 0 Å². The lowest BCUT2D eigenvalue weighted by atomic mass is 10.1. The van der Waals surface area contributed by atoms with Crippen LogP contribution in [0.25, 0.3) is 0 Å². The van der Waals surface area contributed by atoms with Crippen LogP contribution < -0.4 is 10.2 Å². The molecule has 170 valence electrons. The Labute approximate surface area is 189 Å². The highest BCUT2D eigenvalue weighted by atomic mass is 32.2. The van der Waals surface area contributed by atoms with Gasteiger partial charge in [-0.15, -0.1) is 0 Å². The first-order valence-electron chi connectivity index (χ1n) is 11.1. The zero-order chi connectivity index (χ0) is 22.7. The summed E-state index contributed by atoms with van der Waals surface area (Å²) in [4.78, 5) is 27.0. The molecule has 2 heterocycles. The van der Waals surface area contributed by atoms with Crippen molar-refractivity contribution in [3.63, 3.8) is 0 Å². The van der Waals surface area contributed by atoms with E-state index in [1.807, 2.05) is 30.3 Å². The number of anilines is 1. The highest BCUT2D eigenvalue weighted by molar-refractivity contribution is 7.89. The first-order valence-corrected chi connectivity index (χ1v) is 12.6. The van der Waals surface area contributed by atoms with Crippen molar-refractivity contribution in [2.24, 2.45) is 0 Å². The number of sulfonamides is 1. The second-order valence-electron chi connectivity index (χ2n) is 8.42.